The number of aliphatic carboxylic acids is 1. The summed E-state index contributed by atoms with van der Waals surface area (Å²) in [5.41, 5.74) is 2.98. The maximum absolute atomic E-state index is 12.3. The smallest absolute Gasteiger partial charge is 0.307 e. The number of fused-ring (bicyclic) bond motifs is 1. The van der Waals surface area contributed by atoms with Gasteiger partial charge in [-0.1, -0.05) is 40.3 Å². The highest BCUT2D eigenvalue weighted by molar-refractivity contribution is 7.89. The molecule has 0 saturated carbocycles. The minimum Gasteiger partial charge on any atom is -0.481 e. The Morgan fingerprint density at radius 3 is 2.34 bits per heavy atom. The van der Waals surface area contributed by atoms with E-state index in [0.717, 1.165) is 27.5 Å². The maximum atomic E-state index is 12.3. The van der Waals surface area contributed by atoms with Gasteiger partial charge in [0.15, 0.2) is 0 Å². The van der Waals surface area contributed by atoms with Gasteiger partial charge in [0.05, 0.1) is 11.3 Å². The Morgan fingerprint density at radius 2 is 1.76 bits per heavy atom. The van der Waals surface area contributed by atoms with Gasteiger partial charge in [0.25, 0.3) is 10.0 Å². The quantitative estimate of drug-likeness (QED) is 0.558. The molecule has 0 aliphatic carbocycles. The first-order valence-corrected chi connectivity index (χ1v) is 10.7. The summed E-state index contributed by atoms with van der Waals surface area (Å²) in [5, 5.41) is 21.1. The maximum Gasteiger partial charge on any atom is 0.307 e. The predicted molar refractivity (Wildman–Crippen MR) is 112 cm³/mol. The number of nitrogens with zero attached hydrogens (tertiary/aromatic N) is 1. The fourth-order valence-electron chi connectivity index (χ4n) is 3.33. The average Bonchev–Trinajstić information content (AvgIpc) is 2.68. The third-order valence-electron chi connectivity index (χ3n) is 4.80. The Bertz CT molecular complexity index is 1190. The standard InChI is InChI=1S/C21H20ClNO5S/c1-3-23(26)29(27,28)18-8-5-14(6-9-18)21-13(2)16(11-20(24)25)10-15-4-7-17(22)12-19(15)21/h4-10,12,26H,3,11H2,1-2H3,(H,24,25). The van der Waals surface area contributed by atoms with Gasteiger partial charge in [-0.05, 0) is 71.1 Å². The summed E-state index contributed by atoms with van der Waals surface area (Å²) in [6, 6.07) is 13.3. The van der Waals surface area contributed by atoms with Crippen LogP contribution in [-0.2, 0) is 21.2 Å². The van der Waals surface area contributed by atoms with Crippen LogP contribution in [-0.4, -0.2) is 35.7 Å². The van der Waals surface area contributed by atoms with Crippen molar-refractivity contribution in [3.63, 3.8) is 0 Å². The van der Waals surface area contributed by atoms with Gasteiger partial charge in [0, 0.05) is 11.6 Å². The molecule has 0 saturated heterocycles. The summed E-state index contributed by atoms with van der Waals surface area (Å²) in [5.74, 6) is -0.934. The summed E-state index contributed by atoms with van der Waals surface area (Å²) in [6.07, 6.45) is -0.125. The highest BCUT2D eigenvalue weighted by Crippen LogP contribution is 2.36. The van der Waals surface area contributed by atoms with E-state index in [1.165, 1.54) is 19.1 Å². The van der Waals surface area contributed by atoms with Crippen LogP contribution in [0.5, 0.6) is 0 Å². The third kappa shape index (κ3) is 4.13. The number of hydrogen-bond donors (Lipinski definition) is 2. The molecular formula is C21H20ClNO5S. The molecule has 0 amide bonds. The van der Waals surface area contributed by atoms with E-state index in [4.69, 9.17) is 11.6 Å². The lowest BCUT2D eigenvalue weighted by Gasteiger charge is -2.17. The van der Waals surface area contributed by atoms with E-state index in [1.807, 2.05) is 19.1 Å². The van der Waals surface area contributed by atoms with Crippen molar-refractivity contribution >= 4 is 38.4 Å². The molecular weight excluding hydrogens is 414 g/mol. The van der Waals surface area contributed by atoms with Gasteiger partial charge in [-0.2, -0.15) is 0 Å². The second-order valence-electron chi connectivity index (χ2n) is 6.64. The SMILES string of the molecule is CCN(O)S(=O)(=O)c1ccc(-c2c(C)c(CC(=O)O)cc3ccc(Cl)cc23)cc1. The van der Waals surface area contributed by atoms with E-state index in [0.29, 0.717) is 10.6 Å². The number of rotatable bonds is 6. The van der Waals surface area contributed by atoms with E-state index in [2.05, 4.69) is 0 Å². The summed E-state index contributed by atoms with van der Waals surface area (Å²) in [4.78, 5) is 11.3. The molecule has 0 atom stereocenters. The molecule has 0 unspecified atom stereocenters. The molecule has 29 heavy (non-hydrogen) atoms. The molecule has 3 aromatic carbocycles. The van der Waals surface area contributed by atoms with Gasteiger partial charge in [-0.25, -0.2) is 8.42 Å². The average molecular weight is 434 g/mol. The zero-order chi connectivity index (χ0) is 21.3. The monoisotopic (exact) mass is 433 g/mol. The first-order valence-electron chi connectivity index (χ1n) is 8.90. The molecule has 152 valence electrons. The molecule has 0 heterocycles. The van der Waals surface area contributed by atoms with Crippen LogP contribution in [0.25, 0.3) is 21.9 Å². The molecule has 0 aromatic heterocycles. The van der Waals surface area contributed by atoms with Gasteiger partial charge < -0.3 is 5.11 Å². The summed E-state index contributed by atoms with van der Waals surface area (Å²) >= 11 is 6.18. The summed E-state index contributed by atoms with van der Waals surface area (Å²) < 4.78 is 24.9. The van der Waals surface area contributed by atoms with Gasteiger partial charge >= 0.3 is 5.97 Å². The normalized spacial score (nSPS) is 11.9. The number of carboxylic acids is 1. The first kappa shape index (κ1) is 21.3. The molecule has 3 rings (SSSR count). The number of carboxylic acid groups (broad SMARTS) is 1. The third-order valence-corrected chi connectivity index (χ3v) is 6.72. The highest BCUT2D eigenvalue weighted by Gasteiger charge is 2.22. The number of carbonyl (C=O) groups is 1. The minimum absolute atomic E-state index is 0.0349. The summed E-state index contributed by atoms with van der Waals surface area (Å²) in [7, 11) is -3.98. The van der Waals surface area contributed by atoms with Crippen LogP contribution in [0.15, 0.2) is 53.4 Å². The fourth-order valence-corrected chi connectivity index (χ4v) is 4.57. The molecule has 0 radical (unpaired) electrons. The van der Waals surface area contributed by atoms with Crippen LogP contribution < -0.4 is 0 Å². The van der Waals surface area contributed by atoms with Crippen molar-refractivity contribution in [2.24, 2.45) is 0 Å². The van der Waals surface area contributed by atoms with Crippen LogP contribution in [0.2, 0.25) is 5.02 Å². The Balaban J connectivity index is 2.22. The molecule has 0 bridgehead atoms. The molecule has 2 N–H and O–H groups in total. The van der Waals surface area contributed by atoms with Crippen molar-refractivity contribution in [2.45, 2.75) is 25.2 Å². The largest absolute Gasteiger partial charge is 0.481 e. The van der Waals surface area contributed by atoms with Crippen molar-refractivity contribution in [2.75, 3.05) is 6.54 Å². The lowest BCUT2D eigenvalue weighted by molar-refractivity contribution is -0.136. The number of benzene rings is 3. The van der Waals surface area contributed by atoms with Crippen molar-refractivity contribution < 1.29 is 23.5 Å². The number of halogens is 1. The van der Waals surface area contributed by atoms with Gasteiger partial charge in [-0.15, -0.1) is 0 Å². The molecule has 0 aliphatic rings. The van der Waals surface area contributed by atoms with E-state index >= 15 is 0 Å². The van der Waals surface area contributed by atoms with E-state index in [-0.39, 0.29) is 22.3 Å². The molecule has 0 aliphatic heterocycles. The topological polar surface area (TPSA) is 94.9 Å². The van der Waals surface area contributed by atoms with Crippen LogP contribution in [0, 0.1) is 6.92 Å². The van der Waals surface area contributed by atoms with Crippen LogP contribution >= 0.6 is 11.6 Å². The Hall–Kier alpha value is -2.45. The van der Waals surface area contributed by atoms with Crippen molar-refractivity contribution in [3.8, 4) is 11.1 Å². The number of hydroxylamine groups is 1. The van der Waals surface area contributed by atoms with Crippen LogP contribution in [0.1, 0.15) is 18.1 Å². The number of hydrogen-bond acceptors (Lipinski definition) is 4. The molecule has 0 fully saturated rings. The second-order valence-corrected chi connectivity index (χ2v) is 8.92. The fraction of sp³-hybridized carbons (Fsp3) is 0.190. The Labute approximate surface area is 174 Å². The molecule has 6 nitrogen and oxygen atoms in total. The van der Waals surface area contributed by atoms with E-state index < -0.39 is 16.0 Å². The zero-order valence-corrected chi connectivity index (χ0v) is 17.5. The zero-order valence-electron chi connectivity index (χ0n) is 15.9. The van der Waals surface area contributed by atoms with Crippen molar-refractivity contribution in [1.82, 2.24) is 4.47 Å². The van der Waals surface area contributed by atoms with Gasteiger partial charge in [0.1, 0.15) is 0 Å². The lowest BCUT2D eigenvalue weighted by Crippen LogP contribution is -2.27. The molecule has 0 spiro atoms. The van der Waals surface area contributed by atoms with E-state index in [9.17, 15) is 23.5 Å². The first-order chi connectivity index (χ1) is 13.6. The lowest BCUT2D eigenvalue weighted by atomic mass is 9.89. The highest BCUT2D eigenvalue weighted by atomic mass is 35.5. The molecule has 3 aromatic rings. The Kier molecular flexibility index (Phi) is 5.95. The second kappa shape index (κ2) is 8.12. The molecule has 8 heteroatoms. The summed E-state index contributed by atoms with van der Waals surface area (Å²) in [6.45, 7) is 3.30. The Morgan fingerprint density at radius 1 is 1.10 bits per heavy atom. The van der Waals surface area contributed by atoms with Crippen molar-refractivity contribution in [3.05, 3.63) is 64.7 Å². The van der Waals surface area contributed by atoms with E-state index in [1.54, 1.807) is 24.3 Å². The predicted octanol–water partition coefficient (Wildman–Crippen LogP) is 4.50. The van der Waals surface area contributed by atoms with Crippen molar-refractivity contribution in [1.29, 1.82) is 0 Å². The van der Waals surface area contributed by atoms with Crippen LogP contribution in [0.4, 0.5) is 0 Å². The van der Waals surface area contributed by atoms with Gasteiger partial charge in [-0.3, -0.25) is 10.0 Å². The number of sulfonamides is 1. The van der Waals surface area contributed by atoms with Gasteiger partial charge in [0.2, 0.25) is 0 Å². The van der Waals surface area contributed by atoms with Crippen LogP contribution in [0.3, 0.4) is 0 Å². The minimum atomic E-state index is -3.98.